The molecule has 1 atom stereocenters. The van der Waals surface area contributed by atoms with E-state index in [9.17, 15) is 0 Å². The number of methoxy groups -OCH3 is 3. The smallest absolute Gasteiger partial charge is 0.123 e. The summed E-state index contributed by atoms with van der Waals surface area (Å²) in [6.45, 7) is 4.94. The number of morpholine rings is 1. The Hall–Kier alpha value is -2.28. The third-order valence-electron chi connectivity index (χ3n) is 5.13. The van der Waals surface area contributed by atoms with Gasteiger partial charge in [-0.3, -0.25) is 4.90 Å². The highest BCUT2D eigenvalue weighted by atomic mass is 16.5. The van der Waals surface area contributed by atoms with Crippen molar-refractivity contribution in [3.05, 3.63) is 53.6 Å². The van der Waals surface area contributed by atoms with Crippen LogP contribution < -0.4 is 19.5 Å². The molecule has 28 heavy (non-hydrogen) atoms. The van der Waals surface area contributed by atoms with Gasteiger partial charge in [-0.2, -0.15) is 0 Å². The van der Waals surface area contributed by atoms with Crippen LogP contribution in [-0.2, 0) is 11.3 Å². The monoisotopic (exact) mass is 386 g/mol. The Morgan fingerprint density at radius 3 is 2.25 bits per heavy atom. The summed E-state index contributed by atoms with van der Waals surface area (Å²) in [6, 6.07) is 14.5. The fourth-order valence-corrected chi connectivity index (χ4v) is 3.54. The average molecular weight is 386 g/mol. The molecule has 0 spiro atoms. The topological polar surface area (TPSA) is 52.2 Å². The Balaban J connectivity index is 1.70. The second-order valence-corrected chi connectivity index (χ2v) is 6.75. The quantitative estimate of drug-likeness (QED) is 0.715. The summed E-state index contributed by atoms with van der Waals surface area (Å²) in [7, 11) is 5.06. The number of benzene rings is 2. The number of nitrogens with one attached hydrogen (secondary N) is 1. The number of hydrogen-bond donors (Lipinski definition) is 1. The van der Waals surface area contributed by atoms with Crippen molar-refractivity contribution in [2.75, 3.05) is 54.2 Å². The van der Waals surface area contributed by atoms with E-state index in [-0.39, 0.29) is 6.04 Å². The molecule has 6 heteroatoms. The molecule has 2 aromatic carbocycles. The van der Waals surface area contributed by atoms with E-state index in [1.54, 1.807) is 21.3 Å². The van der Waals surface area contributed by atoms with Gasteiger partial charge in [-0.1, -0.05) is 12.1 Å². The zero-order valence-corrected chi connectivity index (χ0v) is 16.9. The first-order chi connectivity index (χ1) is 13.7. The van der Waals surface area contributed by atoms with E-state index in [4.69, 9.17) is 18.9 Å². The predicted octanol–water partition coefficient (Wildman–Crippen LogP) is 2.88. The van der Waals surface area contributed by atoms with Crippen LogP contribution in [0.4, 0.5) is 0 Å². The van der Waals surface area contributed by atoms with E-state index in [2.05, 4.69) is 22.3 Å². The lowest BCUT2D eigenvalue weighted by molar-refractivity contribution is 0.0161. The molecule has 1 aliphatic heterocycles. The molecule has 0 radical (unpaired) electrons. The summed E-state index contributed by atoms with van der Waals surface area (Å²) in [4.78, 5) is 2.47. The summed E-state index contributed by atoms with van der Waals surface area (Å²) in [5, 5.41) is 3.60. The normalized spacial score (nSPS) is 15.8. The molecule has 1 aliphatic rings. The Kier molecular flexibility index (Phi) is 7.54. The van der Waals surface area contributed by atoms with Gasteiger partial charge in [-0.15, -0.1) is 0 Å². The fraction of sp³-hybridized carbons (Fsp3) is 0.455. The van der Waals surface area contributed by atoms with Gasteiger partial charge in [-0.05, 0) is 35.9 Å². The van der Waals surface area contributed by atoms with E-state index in [0.29, 0.717) is 6.54 Å². The number of ether oxygens (including phenoxy) is 4. The summed E-state index contributed by atoms with van der Waals surface area (Å²) in [5.41, 5.74) is 2.35. The van der Waals surface area contributed by atoms with Crippen molar-refractivity contribution in [1.82, 2.24) is 10.2 Å². The zero-order valence-electron chi connectivity index (χ0n) is 16.9. The number of nitrogens with zero attached hydrogens (tertiary/aromatic N) is 1. The van der Waals surface area contributed by atoms with Crippen molar-refractivity contribution in [2.45, 2.75) is 12.6 Å². The van der Waals surface area contributed by atoms with Gasteiger partial charge in [0.25, 0.3) is 0 Å². The minimum absolute atomic E-state index is 0.270. The van der Waals surface area contributed by atoms with Crippen molar-refractivity contribution in [2.24, 2.45) is 0 Å². The summed E-state index contributed by atoms with van der Waals surface area (Å²) >= 11 is 0. The van der Waals surface area contributed by atoms with Crippen molar-refractivity contribution in [3.8, 4) is 17.2 Å². The molecule has 1 heterocycles. The van der Waals surface area contributed by atoms with Gasteiger partial charge in [0.15, 0.2) is 0 Å². The van der Waals surface area contributed by atoms with Gasteiger partial charge >= 0.3 is 0 Å². The standard InChI is InChI=1S/C22H30N2O4/c1-25-19-6-4-17(5-7-19)21(24-10-12-28-13-11-24)16-23-15-18-14-20(26-2)8-9-22(18)27-3/h4-9,14,21,23H,10-13,15-16H2,1-3H3/t21-/m0/s1. The molecule has 152 valence electrons. The molecule has 1 N–H and O–H groups in total. The lowest BCUT2D eigenvalue weighted by atomic mass is 10.0. The average Bonchev–Trinajstić information content (AvgIpc) is 2.77. The van der Waals surface area contributed by atoms with Gasteiger partial charge in [0.05, 0.1) is 34.5 Å². The maximum Gasteiger partial charge on any atom is 0.123 e. The lowest BCUT2D eigenvalue weighted by Crippen LogP contribution is -2.42. The Bertz CT molecular complexity index is 730. The molecule has 0 aliphatic carbocycles. The SMILES string of the molecule is COc1ccc([C@H](CNCc2cc(OC)ccc2OC)N2CCOCC2)cc1. The van der Waals surface area contributed by atoms with Gasteiger partial charge in [0.2, 0.25) is 0 Å². The number of hydrogen-bond acceptors (Lipinski definition) is 6. The molecular weight excluding hydrogens is 356 g/mol. The molecule has 2 aromatic rings. The minimum atomic E-state index is 0.270. The summed E-state index contributed by atoms with van der Waals surface area (Å²) < 4.78 is 21.7. The first-order valence-electron chi connectivity index (χ1n) is 9.62. The molecule has 0 saturated carbocycles. The van der Waals surface area contributed by atoms with Crippen molar-refractivity contribution in [1.29, 1.82) is 0 Å². The molecule has 1 saturated heterocycles. The van der Waals surface area contributed by atoms with E-state index < -0.39 is 0 Å². The molecule has 3 rings (SSSR count). The molecule has 6 nitrogen and oxygen atoms in total. The van der Waals surface area contributed by atoms with E-state index in [1.165, 1.54) is 5.56 Å². The predicted molar refractivity (Wildman–Crippen MR) is 109 cm³/mol. The Morgan fingerprint density at radius 2 is 1.61 bits per heavy atom. The highest BCUT2D eigenvalue weighted by molar-refractivity contribution is 5.40. The second kappa shape index (κ2) is 10.3. The highest BCUT2D eigenvalue weighted by Gasteiger charge is 2.22. The molecule has 1 fully saturated rings. The second-order valence-electron chi connectivity index (χ2n) is 6.75. The van der Waals surface area contributed by atoms with Gasteiger partial charge < -0.3 is 24.3 Å². The van der Waals surface area contributed by atoms with Crippen LogP contribution in [0.3, 0.4) is 0 Å². The minimum Gasteiger partial charge on any atom is -0.497 e. The first kappa shape index (κ1) is 20.5. The van der Waals surface area contributed by atoms with Crippen LogP contribution in [0.25, 0.3) is 0 Å². The van der Waals surface area contributed by atoms with Crippen LogP contribution in [0.5, 0.6) is 17.2 Å². The Labute approximate surface area is 167 Å². The van der Waals surface area contributed by atoms with Gasteiger partial charge in [-0.25, -0.2) is 0 Å². The maximum absolute atomic E-state index is 5.54. The van der Waals surface area contributed by atoms with E-state index in [1.807, 2.05) is 30.3 Å². The van der Waals surface area contributed by atoms with E-state index in [0.717, 1.165) is 55.7 Å². The first-order valence-corrected chi connectivity index (χ1v) is 9.62. The van der Waals surface area contributed by atoms with Crippen molar-refractivity contribution < 1.29 is 18.9 Å². The van der Waals surface area contributed by atoms with Crippen LogP contribution >= 0.6 is 0 Å². The lowest BCUT2D eigenvalue weighted by Gasteiger charge is -2.35. The Morgan fingerprint density at radius 1 is 0.929 bits per heavy atom. The van der Waals surface area contributed by atoms with Crippen LogP contribution in [0.15, 0.2) is 42.5 Å². The largest absolute Gasteiger partial charge is 0.497 e. The molecule has 0 unspecified atom stereocenters. The van der Waals surface area contributed by atoms with Crippen LogP contribution in [0.1, 0.15) is 17.2 Å². The summed E-state index contributed by atoms with van der Waals surface area (Å²) in [5.74, 6) is 2.57. The molecule has 0 bridgehead atoms. The van der Waals surface area contributed by atoms with E-state index >= 15 is 0 Å². The van der Waals surface area contributed by atoms with Crippen molar-refractivity contribution in [3.63, 3.8) is 0 Å². The third-order valence-corrected chi connectivity index (χ3v) is 5.13. The fourth-order valence-electron chi connectivity index (χ4n) is 3.54. The maximum atomic E-state index is 5.54. The van der Waals surface area contributed by atoms with Crippen molar-refractivity contribution >= 4 is 0 Å². The molecule has 0 aromatic heterocycles. The zero-order chi connectivity index (χ0) is 19.8. The summed E-state index contributed by atoms with van der Waals surface area (Å²) in [6.07, 6.45) is 0. The number of rotatable bonds is 9. The van der Waals surface area contributed by atoms with Gasteiger partial charge in [0, 0.05) is 37.8 Å². The van der Waals surface area contributed by atoms with Gasteiger partial charge in [0.1, 0.15) is 17.2 Å². The third kappa shape index (κ3) is 5.16. The van der Waals surface area contributed by atoms with Crippen LogP contribution in [-0.4, -0.2) is 59.1 Å². The van der Waals surface area contributed by atoms with Crippen LogP contribution in [0, 0.1) is 0 Å². The van der Waals surface area contributed by atoms with Crippen LogP contribution in [0.2, 0.25) is 0 Å². The molecule has 0 amide bonds. The highest BCUT2D eigenvalue weighted by Crippen LogP contribution is 2.26. The molecular formula is C22H30N2O4.